The number of benzene rings is 1. The van der Waals surface area contributed by atoms with E-state index in [1.165, 1.54) is 23.1 Å². The van der Waals surface area contributed by atoms with Crippen molar-refractivity contribution < 1.29 is 0 Å². The average molecular weight is 231 g/mol. The summed E-state index contributed by atoms with van der Waals surface area (Å²) in [7, 11) is 0. The third-order valence-electron chi connectivity index (χ3n) is 4.38. The monoisotopic (exact) mass is 231 g/mol. The van der Waals surface area contributed by atoms with Crippen LogP contribution in [0.1, 0.15) is 56.8 Å². The first-order chi connectivity index (χ1) is 7.99. The minimum atomic E-state index is 0.228. The maximum atomic E-state index is 6.48. The molecule has 2 atom stereocenters. The lowest BCUT2D eigenvalue weighted by Gasteiger charge is -2.18. The third kappa shape index (κ3) is 2.40. The molecule has 0 saturated heterocycles. The number of aryl methyl sites for hydroxylation is 2. The summed E-state index contributed by atoms with van der Waals surface area (Å²) in [6.07, 6.45) is 3.45. The zero-order valence-electron chi connectivity index (χ0n) is 11.6. The van der Waals surface area contributed by atoms with Crippen molar-refractivity contribution in [3.05, 3.63) is 34.9 Å². The molecule has 17 heavy (non-hydrogen) atoms. The molecule has 1 aromatic rings. The highest BCUT2D eigenvalue weighted by atomic mass is 14.7. The van der Waals surface area contributed by atoms with Crippen LogP contribution in [-0.2, 0) is 12.8 Å². The summed E-state index contributed by atoms with van der Waals surface area (Å²) >= 11 is 0. The van der Waals surface area contributed by atoms with Crippen LogP contribution in [0.4, 0.5) is 0 Å². The predicted molar refractivity (Wildman–Crippen MR) is 74.0 cm³/mol. The van der Waals surface area contributed by atoms with E-state index >= 15 is 0 Å². The normalized spacial score (nSPS) is 23.5. The minimum Gasteiger partial charge on any atom is -0.324 e. The molecule has 1 aliphatic carbocycles. The quantitative estimate of drug-likeness (QED) is 0.836. The second-order valence-corrected chi connectivity index (χ2v) is 6.07. The van der Waals surface area contributed by atoms with Crippen molar-refractivity contribution in [1.82, 2.24) is 0 Å². The van der Waals surface area contributed by atoms with Crippen molar-refractivity contribution in [3.63, 3.8) is 0 Å². The molecule has 0 amide bonds. The summed E-state index contributed by atoms with van der Waals surface area (Å²) in [5.74, 6) is 0.667. The SMILES string of the molecule is CCc1ccc(CC)c(C(N)C2CC2(C)C)c1. The lowest BCUT2D eigenvalue weighted by molar-refractivity contribution is 0.489. The lowest BCUT2D eigenvalue weighted by atomic mass is 9.91. The second-order valence-electron chi connectivity index (χ2n) is 6.07. The predicted octanol–water partition coefficient (Wildman–Crippen LogP) is 3.86. The first-order valence-corrected chi connectivity index (χ1v) is 6.87. The van der Waals surface area contributed by atoms with E-state index in [0.717, 1.165) is 12.8 Å². The molecular formula is C16H25N. The van der Waals surface area contributed by atoms with Crippen LogP contribution in [0.3, 0.4) is 0 Å². The van der Waals surface area contributed by atoms with Crippen LogP contribution in [0.25, 0.3) is 0 Å². The lowest BCUT2D eigenvalue weighted by Crippen LogP contribution is -2.17. The fraction of sp³-hybridized carbons (Fsp3) is 0.625. The van der Waals surface area contributed by atoms with E-state index in [0.29, 0.717) is 11.3 Å². The van der Waals surface area contributed by atoms with Gasteiger partial charge in [0, 0.05) is 6.04 Å². The first-order valence-electron chi connectivity index (χ1n) is 6.87. The Morgan fingerprint density at radius 3 is 2.41 bits per heavy atom. The van der Waals surface area contributed by atoms with Gasteiger partial charge in [-0.05, 0) is 47.3 Å². The van der Waals surface area contributed by atoms with Crippen LogP contribution >= 0.6 is 0 Å². The number of hydrogen-bond acceptors (Lipinski definition) is 1. The Hall–Kier alpha value is -0.820. The number of nitrogens with two attached hydrogens (primary N) is 1. The maximum absolute atomic E-state index is 6.48. The van der Waals surface area contributed by atoms with E-state index in [2.05, 4.69) is 45.9 Å². The van der Waals surface area contributed by atoms with Crippen LogP contribution in [-0.4, -0.2) is 0 Å². The first kappa shape index (κ1) is 12.6. The molecule has 1 aliphatic rings. The zero-order valence-corrected chi connectivity index (χ0v) is 11.6. The largest absolute Gasteiger partial charge is 0.324 e. The van der Waals surface area contributed by atoms with Gasteiger partial charge in [0.25, 0.3) is 0 Å². The second kappa shape index (κ2) is 4.45. The smallest absolute Gasteiger partial charge is 0.0331 e. The van der Waals surface area contributed by atoms with Gasteiger partial charge in [-0.1, -0.05) is 45.9 Å². The van der Waals surface area contributed by atoms with Gasteiger partial charge < -0.3 is 5.73 Å². The van der Waals surface area contributed by atoms with Crippen LogP contribution < -0.4 is 5.73 Å². The molecule has 0 bridgehead atoms. The highest BCUT2D eigenvalue weighted by molar-refractivity contribution is 5.36. The third-order valence-corrected chi connectivity index (χ3v) is 4.38. The van der Waals surface area contributed by atoms with Crippen molar-refractivity contribution in [2.45, 2.75) is 53.0 Å². The molecule has 0 aromatic heterocycles. The summed E-state index contributed by atoms with van der Waals surface area (Å²) in [6, 6.07) is 7.07. The van der Waals surface area contributed by atoms with Gasteiger partial charge in [-0.3, -0.25) is 0 Å². The molecule has 1 fully saturated rings. The summed E-state index contributed by atoms with van der Waals surface area (Å²) in [5.41, 5.74) is 11.2. The summed E-state index contributed by atoms with van der Waals surface area (Å²) in [5, 5.41) is 0. The molecule has 2 N–H and O–H groups in total. The van der Waals surface area contributed by atoms with Gasteiger partial charge in [-0.15, -0.1) is 0 Å². The Morgan fingerprint density at radius 1 is 1.29 bits per heavy atom. The van der Waals surface area contributed by atoms with Gasteiger partial charge in [0.15, 0.2) is 0 Å². The van der Waals surface area contributed by atoms with E-state index in [9.17, 15) is 0 Å². The van der Waals surface area contributed by atoms with E-state index < -0.39 is 0 Å². The molecule has 1 saturated carbocycles. The van der Waals surface area contributed by atoms with Crippen molar-refractivity contribution >= 4 is 0 Å². The van der Waals surface area contributed by atoms with Crippen LogP contribution in [0.5, 0.6) is 0 Å². The standard InChI is InChI=1S/C16H25N/c1-5-11-7-8-12(6-2)13(9-11)15(17)14-10-16(14,3)4/h7-9,14-15H,5-6,10,17H2,1-4H3. The average Bonchev–Trinajstić information content (AvgIpc) is 2.96. The molecule has 0 aliphatic heterocycles. The van der Waals surface area contributed by atoms with Crippen molar-refractivity contribution in [2.24, 2.45) is 17.1 Å². The van der Waals surface area contributed by atoms with Gasteiger partial charge >= 0.3 is 0 Å². The zero-order chi connectivity index (χ0) is 12.6. The maximum Gasteiger partial charge on any atom is 0.0331 e. The van der Waals surface area contributed by atoms with Gasteiger partial charge in [0.05, 0.1) is 0 Å². The highest BCUT2D eigenvalue weighted by Crippen LogP contribution is 2.57. The Bertz CT molecular complexity index is 406. The minimum absolute atomic E-state index is 0.228. The molecule has 1 aromatic carbocycles. The van der Waals surface area contributed by atoms with E-state index in [1.54, 1.807) is 0 Å². The molecule has 2 unspecified atom stereocenters. The molecule has 0 spiro atoms. The number of hydrogen-bond donors (Lipinski definition) is 1. The Kier molecular flexibility index (Phi) is 3.31. The Morgan fingerprint density at radius 2 is 1.94 bits per heavy atom. The summed E-state index contributed by atoms with van der Waals surface area (Å²) < 4.78 is 0. The molecule has 2 rings (SSSR count). The van der Waals surface area contributed by atoms with Gasteiger partial charge in [-0.25, -0.2) is 0 Å². The summed E-state index contributed by atoms with van der Waals surface area (Å²) in [6.45, 7) is 9.08. The van der Waals surface area contributed by atoms with Gasteiger partial charge in [0.2, 0.25) is 0 Å². The highest BCUT2D eigenvalue weighted by Gasteiger charge is 2.49. The molecule has 94 valence electrons. The Balaban J connectivity index is 2.29. The van der Waals surface area contributed by atoms with Crippen LogP contribution in [0, 0.1) is 11.3 Å². The molecule has 1 nitrogen and oxygen atoms in total. The van der Waals surface area contributed by atoms with Crippen molar-refractivity contribution in [3.8, 4) is 0 Å². The molecule has 1 heteroatoms. The summed E-state index contributed by atoms with van der Waals surface area (Å²) in [4.78, 5) is 0. The van der Waals surface area contributed by atoms with Crippen molar-refractivity contribution in [2.75, 3.05) is 0 Å². The fourth-order valence-electron chi connectivity index (χ4n) is 2.83. The van der Waals surface area contributed by atoms with E-state index in [4.69, 9.17) is 5.73 Å². The fourth-order valence-corrected chi connectivity index (χ4v) is 2.83. The number of rotatable bonds is 4. The molecular weight excluding hydrogens is 206 g/mol. The van der Waals surface area contributed by atoms with Crippen molar-refractivity contribution in [1.29, 1.82) is 0 Å². The Labute approximate surface area is 105 Å². The topological polar surface area (TPSA) is 26.0 Å². The van der Waals surface area contributed by atoms with E-state index in [-0.39, 0.29) is 6.04 Å². The van der Waals surface area contributed by atoms with Gasteiger partial charge in [-0.2, -0.15) is 0 Å². The van der Waals surface area contributed by atoms with Crippen LogP contribution in [0.15, 0.2) is 18.2 Å². The van der Waals surface area contributed by atoms with Crippen LogP contribution in [0.2, 0.25) is 0 Å². The molecule has 0 heterocycles. The molecule has 0 radical (unpaired) electrons. The van der Waals surface area contributed by atoms with Gasteiger partial charge in [0.1, 0.15) is 0 Å². The van der Waals surface area contributed by atoms with E-state index in [1.807, 2.05) is 0 Å².